The van der Waals surface area contributed by atoms with Crippen molar-refractivity contribution in [2.75, 3.05) is 17.6 Å². The number of fused-ring (bicyclic) bond motifs is 3. The Labute approximate surface area is 246 Å². The molecule has 1 aliphatic rings. The lowest BCUT2D eigenvalue weighted by atomic mass is 10.0. The number of carbonyl (C=O) groups is 3. The first-order chi connectivity index (χ1) is 19.9. The van der Waals surface area contributed by atoms with Gasteiger partial charge in [-0.15, -0.1) is 0 Å². The lowest BCUT2D eigenvalue weighted by Gasteiger charge is -2.43. The van der Waals surface area contributed by atoms with Crippen LogP contribution in [0.4, 0.5) is 5.69 Å². The second kappa shape index (κ2) is 11.4. The molecule has 2 unspecified atom stereocenters. The van der Waals surface area contributed by atoms with Gasteiger partial charge in [0.1, 0.15) is 17.2 Å². The van der Waals surface area contributed by atoms with Crippen LogP contribution in [-0.2, 0) is 29.1 Å². The van der Waals surface area contributed by atoms with Crippen molar-refractivity contribution >= 4 is 67.2 Å². The van der Waals surface area contributed by atoms with Gasteiger partial charge in [0.15, 0.2) is 0 Å². The van der Waals surface area contributed by atoms with E-state index >= 15 is 0 Å². The maximum absolute atomic E-state index is 13.8. The Morgan fingerprint density at radius 3 is 2.48 bits per heavy atom. The van der Waals surface area contributed by atoms with E-state index in [9.17, 15) is 28.0 Å². The summed E-state index contributed by atoms with van der Waals surface area (Å²) < 4.78 is 39.1. The van der Waals surface area contributed by atoms with Crippen LogP contribution in [0.5, 0.6) is 0 Å². The number of sulfonamides is 1. The number of carbonyl (C=O) groups excluding carboxylic acids is 3. The van der Waals surface area contributed by atoms with Crippen LogP contribution in [0.2, 0.25) is 0 Å². The van der Waals surface area contributed by atoms with Crippen molar-refractivity contribution in [1.82, 2.24) is 9.79 Å². The lowest BCUT2D eigenvalue weighted by Crippen LogP contribution is -2.61. The van der Waals surface area contributed by atoms with Gasteiger partial charge in [-0.1, -0.05) is 30.3 Å². The lowest BCUT2D eigenvalue weighted by molar-refractivity contribution is -0.152. The van der Waals surface area contributed by atoms with Gasteiger partial charge < -0.3 is 14.5 Å². The molecule has 1 saturated heterocycles. The molecule has 0 aliphatic carbocycles. The molecule has 2 heterocycles. The van der Waals surface area contributed by atoms with Crippen LogP contribution < -0.4 is 10.8 Å². The van der Waals surface area contributed by atoms with Crippen molar-refractivity contribution in [2.24, 2.45) is 0 Å². The Kier molecular flexibility index (Phi) is 8.03. The quantitative estimate of drug-likeness (QED) is 0.158. The van der Waals surface area contributed by atoms with Gasteiger partial charge in [0.2, 0.25) is 16.1 Å². The second-order valence-corrected chi connectivity index (χ2v) is 13.9. The molecule has 42 heavy (non-hydrogen) atoms. The Morgan fingerprint density at radius 2 is 1.79 bits per heavy atom. The summed E-state index contributed by atoms with van der Waals surface area (Å²) in [7, 11) is -4.14. The maximum atomic E-state index is 13.8. The molecule has 2 amide bonds. The van der Waals surface area contributed by atoms with Gasteiger partial charge in [-0.25, -0.2) is 13.9 Å². The molecule has 1 fully saturated rings. The molecule has 11 nitrogen and oxygen atoms in total. The van der Waals surface area contributed by atoms with Crippen LogP contribution in [0.25, 0.3) is 21.9 Å². The highest BCUT2D eigenvalue weighted by atomic mass is 32.2. The van der Waals surface area contributed by atoms with Crippen molar-refractivity contribution in [1.29, 1.82) is 0 Å². The predicted octanol–water partition coefficient (Wildman–Crippen LogP) is 4.22. The zero-order valence-electron chi connectivity index (χ0n) is 23.0. The Balaban J connectivity index is 1.46. The molecule has 3 aromatic carbocycles. The normalized spacial score (nSPS) is 18.0. The molecule has 4 aromatic rings. The van der Waals surface area contributed by atoms with Crippen LogP contribution in [0.1, 0.15) is 32.4 Å². The zero-order chi connectivity index (χ0) is 30.2. The minimum atomic E-state index is -4.14. The van der Waals surface area contributed by atoms with Crippen molar-refractivity contribution in [2.45, 2.75) is 42.6 Å². The highest BCUT2D eigenvalue weighted by Crippen LogP contribution is 2.39. The predicted molar refractivity (Wildman–Crippen MR) is 157 cm³/mol. The number of nitrogens with zero attached hydrogens (tertiary/aromatic N) is 1. The zero-order valence-corrected chi connectivity index (χ0v) is 24.6. The Bertz CT molecular complexity index is 1790. The fourth-order valence-corrected chi connectivity index (χ4v) is 8.26. The third-order valence-electron chi connectivity index (χ3n) is 7.03. The maximum Gasteiger partial charge on any atom is 0.303 e. The van der Waals surface area contributed by atoms with E-state index in [0.717, 1.165) is 4.31 Å². The topological polar surface area (TPSA) is 155 Å². The monoisotopic (exact) mass is 611 g/mol. The summed E-state index contributed by atoms with van der Waals surface area (Å²) >= 11 is 1.45. The summed E-state index contributed by atoms with van der Waals surface area (Å²) in [5.41, 5.74) is 3.33. The number of nitrogens with one attached hydrogen (secondary N) is 2. The third kappa shape index (κ3) is 5.60. The summed E-state index contributed by atoms with van der Waals surface area (Å²) in [4.78, 5) is 37.3. The summed E-state index contributed by atoms with van der Waals surface area (Å²) in [6, 6.07) is 16.9. The number of benzene rings is 3. The number of amides is 2. The number of ether oxygens (including phenoxy) is 1. The molecule has 0 bridgehead atoms. The Hall–Kier alpha value is -3.91. The first-order valence-corrected chi connectivity index (χ1v) is 15.4. The molecule has 0 radical (unpaired) electrons. The van der Waals surface area contributed by atoms with Crippen LogP contribution >= 0.6 is 11.8 Å². The molecule has 220 valence electrons. The van der Waals surface area contributed by atoms with Gasteiger partial charge in [0, 0.05) is 52.1 Å². The van der Waals surface area contributed by atoms with E-state index in [4.69, 9.17) is 9.15 Å². The van der Waals surface area contributed by atoms with E-state index in [1.807, 2.05) is 0 Å². The Morgan fingerprint density at radius 1 is 1.05 bits per heavy atom. The highest BCUT2D eigenvalue weighted by Gasteiger charge is 2.48. The van der Waals surface area contributed by atoms with Gasteiger partial charge in [-0.05, 0) is 44.2 Å². The molecular weight excluding hydrogens is 582 g/mol. The average Bonchev–Trinajstić information content (AvgIpc) is 3.32. The van der Waals surface area contributed by atoms with E-state index in [2.05, 4.69) is 5.32 Å². The van der Waals surface area contributed by atoms with E-state index in [0.29, 0.717) is 38.9 Å². The molecular formula is C29H29N3O8S2. The minimum Gasteiger partial charge on any atom is -0.456 e. The number of thioether (sulfide) groups is 1. The number of hydrogen-bond acceptors (Lipinski definition) is 9. The van der Waals surface area contributed by atoms with Crippen molar-refractivity contribution < 1.29 is 37.2 Å². The highest BCUT2D eigenvalue weighted by molar-refractivity contribution is 8.01. The summed E-state index contributed by atoms with van der Waals surface area (Å²) in [6.45, 7) is 4.84. The number of esters is 1. The van der Waals surface area contributed by atoms with E-state index in [1.54, 1.807) is 67.9 Å². The second-order valence-electron chi connectivity index (χ2n) is 10.3. The fourth-order valence-electron chi connectivity index (χ4n) is 5.12. The largest absolute Gasteiger partial charge is 0.456 e. The van der Waals surface area contributed by atoms with Crippen LogP contribution in [-0.4, -0.2) is 58.8 Å². The van der Waals surface area contributed by atoms with Crippen molar-refractivity contribution in [3.63, 3.8) is 0 Å². The van der Waals surface area contributed by atoms with Gasteiger partial charge in [-0.3, -0.25) is 19.6 Å². The molecule has 2 atom stereocenters. The molecule has 5 rings (SSSR count). The summed E-state index contributed by atoms with van der Waals surface area (Å²) in [5, 5.41) is 13.2. The fraction of sp³-hybridized carbons (Fsp3) is 0.276. The standard InChI is InChI=1S/C29H29N3O8S2/c1-17(33)39-25(18-7-5-4-6-8-18)27(34)30-19-9-11-21-22-16-20(10-12-23(22)40-24(21)15-19)42(37,38)32-13-14-41-29(2,3)26(32)28(35)31-36/h4-12,15-16,25-26,36H,13-14H2,1-3H3,(H,30,34)(H,31,35). The molecule has 13 heteroatoms. The molecule has 1 aromatic heterocycles. The van der Waals surface area contributed by atoms with E-state index in [-0.39, 0.29) is 11.4 Å². The van der Waals surface area contributed by atoms with Crippen molar-refractivity contribution in [3.05, 3.63) is 72.3 Å². The number of hydrogen-bond donors (Lipinski definition) is 3. The van der Waals surface area contributed by atoms with Gasteiger partial charge in [0.05, 0.1) is 4.90 Å². The molecule has 0 spiro atoms. The van der Waals surface area contributed by atoms with Gasteiger partial charge in [0.25, 0.3) is 11.8 Å². The van der Waals surface area contributed by atoms with Crippen LogP contribution in [0, 0.1) is 0 Å². The van der Waals surface area contributed by atoms with Crippen LogP contribution in [0.15, 0.2) is 76.0 Å². The number of furan rings is 1. The SMILES string of the molecule is CC(=O)OC(C(=O)Nc1ccc2c(c1)oc1ccc(S(=O)(=O)N3CCSC(C)(C)C3C(=O)NO)cc12)c1ccccc1. The smallest absolute Gasteiger partial charge is 0.303 e. The third-order valence-corrected chi connectivity index (χ3v) is 10.2. The van der Waals surface area contributed by atoms with Gasteiger partial charge in [-0.2, -0.15) is 16.1 Å². The van der Waals surface area contributed by atoms with E-state index < -0.39 is 44.7 Å². The van der Waals surface area contributed by atoms with E-state index in [1.165, 1.54) is 36.9 Å². The summed E-state index contributed by atoms with van der Waals surface area (Å²) in [5.74, 6) is -1.48. The van der Waals surface area contributed by atoms with Crippen molar-refractivity contribution in [3.8, 4) is 0 Å². The minimum absolute atomic E-state index is 0.0272. The van der Waals surface area contributed by atoms with Crippen LogP contribution in [0.3, 0.4) is 0 Å². The number of anilines is 1. The number of hydroxylamine groups is 1. The molecule has 1 aliphatic heterocycles. The molecule has 3 N–H and O–H groups in total. The molecule has 0 saturated carbocycles. The van der Waals surface area contributed by atoms with Gasteiger partial charge >= 0.3 is 5.97 Å². The summed E-state index contributed by atoms with van der Waals surface area (Å²) in [6.07, 6.45) is -1.15. The average molecular weight is 612 g/mol. The first-order valence-electron chi connectivity index (χ1n) is 13.0. The first kappa shape index (κ1) is 29.6. The number of rotatable bonds is 7.